The quantitative estimate of drug-likeness (QED) is 0.689. The molecule has 5 nitrogen and oxygen atoms in total. The summed E-state index contributed by atoms with van der Waals surface area (Å²) in [6.07, 6.45) is 0.380. The Bertz CT molecular complexity index is 274. The maximum atomic E-state index is 12.4. The lowest BCUT2D eigenvalue weighted by atomic mass is 9.99. The van der Waals surface area contributed by atoms with Crippen LogP contribution in [0, 0.1) is 5.92 Å². The zero-order valence-corrected chi connectivity index (χ0v) is 12.9. The number of likely N-dealkylation sites (N-methyl/N-ethyl adjacent to an activating group) is 1. The van der Waals surface area contributed by atoms with Gasteiger partial charge in [0.15, 0.2) is 0 Å². The Morgan fingerprint density at radius 1 is 1.26 bits per heavy atom. The number of rotatable bonds is 6. The molecule has 2 N–H and O–H groups in total. The highest BCUT2D eigenvalue weighted by Crippen LogP contribution is 2.18. The molecule has 0 bridgehead atoms. The predicted octanol–water partition coefficient (Wildman–Crippen LogP) is 0.456. The molecule has 5 heteroatoms. The number of nitrogens with one attached hydrogen (secondary N) is 2. The number of ether oxygens (including phenoxy) is 1. The van der Waals surface area contributed by atoms with E-state index < -0.39 is 0 Å². The highest BCUT2D eigenvalue weighted by molar-refractivity contribution is 5.82. The smallest absolute Gasteiger partial charge is 0.237 e. The molecule has 1 saturated heterocycles. The van der Waals surface area contributed by atoms with Crippen molar-refractivity contribution in [1.29, 1.82) is 0 Å². The van der Waals surface area contributed by atoms with E-state index in [1.807, 2.05) is 7.05 Å². The summed E-state index contributed by atoms with van der Waals surface area (Å²) in [5, 5.41) is 6.04. The van der Waals surface area contributed by atoms with Crippen LogP contribution in [0.1, 0.15) is 27.7 Å². The van der Waals surface area contributed by atoms with Gasteiger partial charge in [0.2, 0.25) is 5.91 Å². The van der Waals surface area contributed by atoms with E-state index in [0.29, 0.717) is 12.5 Å². The zero-order valence-electron chi connectivity index (χ0n) is 12.9. The number of carbonyl (C=O) groups excluding carboxylic acids is 1. The van der Waals surface area contributed by atoms with Crippen molar-refractivity contribution in [3.8, 4) is 0 Å². The van der Waals surface area contributed by atoms with Crippen LogP contribution in [-0.4, -0.2) is 62.3 Å². The number of nitrogens with zero attached hydrogens (tertiary/aromatic N) is 1. The van der Waals surface area contributed by atoms with Crippen molar-refractivity contribution in [2.75, 3.05) is 33.2 Å². The van der Waals surface area contributed by atoms with E-state index in [1.54, 1.807) is 0 Å². The monoisotopic (exact) mass is 271 g/mol. The van der Waals surface area contributed by atoms with Crippen LogP contribution in [-0.2, 0) is 9.53 Å². The van der Waals surface area contributed by atoms with Crippen LogP contribution >= 0.6 is 0 Å². The Kier molecular flexibility index (Phi) is 6.75. The highest BCUT2D eigenvalue weighted by Gasteiger charge is 2.33. The summed E-state index contributed by atoms with van der Waals surface area (Å²) < 4.78 is 5.74. The fourth-order valence-corrected chi connectivity index (χ4v) is 2.75. The van der Waals surface area contributed by atoms with Crippen LogP contribution in [0.3, 0.4) is 0 Å². The topological polar surface area (TPSA) is 53.6 Å². The first-order valence-electron chi connectivity index (χ1n) is 7.27. The van der Waals surface area contributed by atoms with Crippen molar-refractivity contribution in [2.45, 2.75) is 45.9 Å². The van der Waals surface area contributed by atoms with Crippen LogP contribution in [0.4, 0.5) is 0 Å². The largest absolute Gasteiger partial charge is 0.373 e. The van der Waals surface area contributed by atoms with Gasteiger partial charge in [-0.05, 0) is 26.8 Å². The van der Waals surface area contributed by atoms with Gasteiger partial charge in [-0.1, -0.05) is 13.8 Å². The lowest BCUT2D eigenvalue weighted by Crippen LogP contribution is -2.57. The molecule has 0 aliphatic carbocycles. The van der Waals surface area contributed by atoms with Crippen LogP contribution in [0.5, 0.6) is 0 Å². The Hall–Kier alpha value is -0.650. The van der Waals surface area contributed by atoms with Crippen LogP contribution in [0.2, 0.25) is 0 Å². The molecular weight excluding hydrogens is 242 g/mol. The fraction of sp³-hybridized carbons (Fsp3) is 0.929. The zero-order chi connectivity index (χ0) is 14.4. The molecule has 1 aliphatic rings. The van der Waals surface area contributed by atoms with Gasteiger partial charge in [0, 0.05) is 26.2 Å². The van der Waals surface area contributed by atoms with Gasteiger partial charge in [0.25, 0.3) is 0 Å². The second kappa shape index (κ2) is 7.82. The molecule has 1 fully saturated rings. The van der Waals surface area contributed by atoms with Gasteiger partial charge in [-0.15, -0.1) is 0 Å². The van der Waals surface area contributed by atoms with E-state index >= 15 is 0 Å². The Balaban J connectivity index is 2.62. The lowest BCUT2D eigenvalue weighted by Gasteiger charge is -2.41. The van der Waals surface area contributed by atoms with Gasteiger partial charge in [-0.3, -0.25) is 9.69 Å². The molecule has 0 aromatic heterocycles. The van der Waals surface area contributed by atoms with E-state index in [4.69, 9.17) is 4.74 Å². The minimum absolute atomic E-state index is 0.0642. The minimum atomic E-state index is -0.0642. The summed E-state index contributed by atoms with van der Waals surface area (Å²) in [4.78, 5) is 14.6. The van der Waals surface area contributed by atoms with E-state index in [2.05, 4.69) is 43.2 Å². The Labute approximate surface area is 117 Å². The molecule has 1 amide bonds. The molecule has 1 heterocycles. The van der Waals surface area contributed by atoms with Gasteiger partial charge >= 0.3 is 0 Å². The summed E-state index contributed by atoms with van der Waals surface area (Å²) in [5.74, 6) is 0.429. The van der Waals surface area contributed by atoms with E-state index in [0.717, 1.165) is 19.6 Å². The SMILES string of the molecule is CNCCNC(=O)C(C(C)C)N1CC(C)OC(C)C1. The third-order valence-corrected chi connectivity index (χ3v) is 3.42. The predicted molar refractivity (Wildman–Crippen MR) is 77.1 cm³/mol. The fourth-order valence-electron chi connectivity index (χ4n) is 2.75. The van der Waals surface area contributed by atoms with Crippen molar-refractivity contribution < 1.29 is 9.53 Å². The van der Waals surface area contributed by atoms with Crippen molar-refractivity contribution in [2.24, 2.45) is 5.92 Å². The maximum absolute atomic E-state index is 12.4. The number of hydrogen-bond donors (Lipinski definition) is 2. The highest BCUT2D eigenvalue weighted by atomic mass is 16.5. The van der Waals surface area contributed by atoms with Gasteiger partial charge in [0.1, 0.15) is 0 Å². The second-order valence-corrected chi connectivity index (χ2v) is 5.79. The summed E-state index contributed by atoms with van der Waals surface area (Å²) in [7, 11) is 1.89. The Morgan fingerprint density at radius 3 is 2.32 bits per heavy atom. The van der Waals surface area contributed by atoms with E-state index in [-0.39, 0.29) is 24.2 Å². The van der Waals surface area contributed by atoms with Gasteiger partial charge in [0.05, 0.1) is 18.2 Å². The first-order valence-corrected chi connectivity index (χ1v) is 7.27. The summed E-state index contributed by atoms with van der Waals surface area (Å²) in [6, 6.07) is -0.0642. The molecule has 0 aromatic rings. The third kappa shape index (κ3) is 5.09. The summed E-state index contributed by atoms with van der Waals surface area (Å²) >= 11 is 0. The Morgan fingerprint density at radius 2 is 1.84 bits per heavy atom. The summed E-state index contributed by atoms with van der Waals surface area (Å²) in [5.41, 5.74) is 0. The van der Waals surface area contributed by atoms with Crippen molar-refractivity contribution >= 4 is 5.91 Å². The second-order valence-electron chi connectivity index (χ2n) is 5.79. The number of amides is 1. The van der Waals surface area contributed by atoms with Crippen LogP contribution in [0.15, 0.2) is 0 Å². The van der Waals surface area contributed by atoms with Crippen molar-refractivity contribution in [1.82, 2.24) is 15.5 Å². The van der Waals surface area contributed by atoms with Crippen LogP contribution < -0.4 is 10.6 Å². The molecule has 0 spiro atoms. The number of carbonyl (C=O) groups is 1. The first kappa shape index (κ1) is 16.4. The molecular formula is C14H29N3O2. The molecule has 0 aromatic carbocycles. The van der Waals surface area contributed by atoms with E-state index in [1.165, 1.54) is 0 Å². The average molecular weight is 271 g/mol. The molecule has 0 saturated carbocycles. The average Bonchev–Trinajstić information content (AvgIpc) is 2.27. The lowest BCUT2D eigenvalue weighted by molar-refractivity contribution is -0.135. The maximum Gasteiger partial charge on any atom is 0.237 e. The molecule has 19 heavy (non-hydrogen) atoms. The first-order chi connectivity index (χ1) is 8.95. The third-order valence-electron chi connectivity index (χ3n) is 3.42. The van der Waals surface area contributed by atoms with Crippen molar-refractivity contribution in [3.05, 3.63) is 0 Å². The molecule has 1 rings (SSSR count). The van der Waals surface area contributed by atoms with Gasteiger partial charge < -0.3 is 15.4 Å². The minimum Gasteiger partial charge on any atom is -0.373 e. The standard InChI is InChI=1S/C14H29N3O2/c1-10(2)13(14(18)16-7-6-15-5)17-8-11(3)19-12(4)9-17/h10-13,15H,6-9H2,1-5H3,(H,16,18). The molecule has 0 radical (unpaired) electrons. The molecule has 1 aliphatic heterocycles. The van der Waals surface area contributed by atoms with Gasteiger partial charge in [-0.25, -0.2) is 0 Å². The number of morpholine rings is 1. The summed E-state index contributed by atoms with van der Waals surface area (Å²) in [6.45, 7) is 11.5. The van der Waals surface area contributed by atoms with E-state index in [9.17, 15) is 4.79 Å². The van der Waals surface area contributed by atoms with Crippen molar-refractivity contribution in [3.63, 3.8) is 0 Å². The molecule has 112 valence electrons. The van der Waals surface area contributed by atoms with Gasteiger partial charge in [-0.2, -0.15) is 0 Å². The number of hydrogen-bond acceptors (Lipinski definition) is 4. The molecule has 3 atom stereocenters. The molecule has 3 unspecified atom stereocenters. The normalized spacial score (nSPS) is 26.4. The van der Waals surface area contributed by atoms with Crippen LogP contribution in [0.25, 0.3) is 0 Å².